The molecular weight excluding hydrogens is 282 g/mol. The molecule has 0 bridgehead atoms. The van der Waals surface area contributed by atoms with E-state index in [2.05, 4.69) is 11.1 Å². The molecule has 1 amide bonds. The van der Waals surface area contributed by atoms with Crippen LogP contribution >= 0.6 is 11.3 Å². The maximum Gasteiger partial charge on any atom is 0.242 e. The molecule has 0 atom stereocenters. The van der Waals surface area contributed by atoms with Crippen LogP contribution in [-0.2, 0) is 11.3 Å². The SMILES string of the molecule is CN(Cc1nc2ccccc2s1)C(=O)C1(N)CCCCC1. The molecule has 5 heteroatoms. The largest absolute Gasteiger partial charge is 0.337 e. The van der Waals surface area contributed by atoms with Crippen LogP contribution in [0.15, 0.2) is 24.3 Å². The summed E-state index contributed by atoms with van der Waals surface area (Å²) in [4.78, 5) is 18.9. The van der Waals surface area contributed by atoms with Gasteiger partial charge in [-0.2, -0.15) is 0 Å². The summed E-state index contributed by atoms with van der Waals surface area (Å²) in [5.41, 5.74) is 6.66. The van der Waals surface area contributed by atoms with Gasteiger partial charge in [-0.15, -0.1) is 11.3 Å². The topological polar surface area (TPSA) is 59.2 Å². The van der Waals surface area contributed by atoms with Crippen molar-refractivity contribution >= 4 is 27.5 Å². The van der Waals surface area contributed by atoms with Gasteiger partial charge in [0, 0.05) is 7.05 Å². The number of aromatic nitrogens is 1. The molecule has 0 aliphatic heterocycles. The summed E-state index contributed by atoms with van der Waals surface area (Å²) in [6.07, 6.45) is 4.90. The van der Waals surface area contributed by atoms with Crippen LogP contribution in [0.3, 0.4) is 0 Å². The minimum Gasteiger partial charge on any atom is -0.337 e. The molecular formula is C16H21N3OS. The predicted octanol–water partition coefficient (Wildman–Crippen LogP) is 2.92. The summed E-state index contributed by atoms with van der Waals surface area (Å²) in [6, 6.07) is 8.06. The highest BCUT2D eigenvalue weighted by Crippen LogP contribution is 2.28. The maximum atomic E-state index is 12.6. The van der Waals surface area contributed by atoms with Gasteiger partial charge < -0.3 is 10.6 Å². The van der Waals surface area contributed by atoms with Gasteiger partial charge in [-0.3, -0.25) is 4.79 Å². The lowest BCUT2D eigenvalue weighted by atomic mass is 9.81. The van der Waals surface area contributed by atoms with E-state index < -0.39 is 5.54 Å². The van der Waals surface area contributed by atoms with Crippen LogP contribution in [0.5, 0.6) is 0 Å². The van der Waals surface area contributed by atoms with E-state index >= 15 is 0 Å². The minimum absolute atomic E-state index is 0.0569. The number of amides is 1. The molecule has 0 saturated heterocycles. The van der Waals surface area contributed by atoms with E-state index in [4.69, 9.17) is 5.73 Å². The first-order chi connectivity index (χ1) is 10.1. The molecule has 1 aliphatic rings. The van der Waals surface area contributed by atoms with E-state index in [1.165, 1.54) is 6.42 Å². The van der Waals surface area contributed by atoms with Crippen LogP contribution in [0.4, 0.5) is 0 Å². The Kier molecular flexibility index (Phi) is 3.95. The second kappa shape index (κ2) is 5.73. The molecule has 1 fully saturated rings. The molecule has 1 aromatic heterocycles. The van der Waals surface area contributed by atoms with Gasteiger partial charge in [-0.05, 0) is 25.0 Å². The number of hydrogen-bond donors (Lipinski definition) is 1. The van der Waals surface area contributed by atoms with Gasteiger partial charge in [0.15, 0.2) is 0 Å². The Balaban J connectivity index is 1.73. The van der Waals surface area contributed by atoms with Gasteiger partial charge in [-0.25, -0.2) is 4.98 Å². The summed E-state index contributed by atoms with van der Waals surface area (Å²) < 4.78 is 1.16. The Bertz CT molecular complexity index is 613. The molecule has 3 rings (SSSR count). The highest BCUT2D eigenvalue weighted by atomic mass is 32.1. The van der Waals surface area contributed by atoms with Crippen molar-refractivity contribution in [3.63, 3.8) is 0 Å². The second-order valence-electron chi connectivity index (χ2n) is 5.95. The van der Waals surface area contributed by atoms with E-state index in [9.17, 15) is 4.79 Å². The third kappa shape index (κ3) is 2.94. The van der Waals surface area contributed by atoms with Crippen LogP contribution in [0, 0.1) is 0 Å². The highest BCUT2D eigenvalue weighted by molar-refractivity contribution is 7.18. The lowest BCUT2D eigenvalue weighted by Gasteiger charge is -2.35. The fourth-order valence-corrected chi connectivity index (χ4v) is 4.06. The number of carbonyl (C=O) groups is 1. The van der Waals surface area contributed by atoms with Crippen molar-refractivity contribution < 1.29 is 4.79 Å². The second-order valence-corrected chi connectivity index (χ2v) is 7.07. The fourth-order valence-electron chi connectivity index (χ4n) is 3.04. The summed E-state index contributed by atoms with van der Waals surface area (Å²) in [5.74, 6) is 0.0569. The minimum atomic E-state index is -0.663. The van der Waals surface area contributed by atoms with Gasteiger partial charge in [0.05, 0.1) is 22.3 Å². The first-order valence-electron chi connectivity index (χ1n) is 7.47. The van der Waals surface area contributed by atoms with Crippen LogP contribution in [0.2, 0.25) is 0 Å². The Morgan fingerprint density at radius 3 is 2.76 bits per heavy atom. The molecule has 1 heterocycles. The molecule has 4 nitrogen and oxygen atoms in total. The zero-order valence-corrected chi connectivity index (χ0v) is 13.2. The zero-order chi connectivity index (χ0) is 14.9. The average molecular weight is 303 g/mol. The molecule has 2 N–H and O–H groups in total. The quantitative estimate of drug-likeness (QED) is 0.948. The number of hydrogen-bond acceptors (Lipinski definition) is 4. The number of fused-ring (bicyclic) bond motifs is 1. The standard InChI is InChI=1S/C16H21N3OS/c1-19(15(20)16(17)9-5-2-6-10-16)11-14-18-12-7-3-4-8-13(12)21-14/h3-4,7-8H,2,5-6,9-11,17H2,1H3. The first-order valence-corrected chi connectivity index (χ1v) is 8.29. The van der Waals surface area contributed by atoms with E-state index in [0.29, 0.717) is 6.54 Å². The van der Waals surface area contributed by atoms with Crippen LogP contribution in [0.1, 0.15) is 37.1 Å². The van der Waals surface area contributed by atoms with Crippen molar-refractivity contribution in [3.05, 3.63) is 29.3 Å². The van der Waals surface area contributed by atoms with Crippen molar-refractivity contribution in [3.8, 4) is 0 Å². The number of carbonyl (C=O) groups excluding carboxylic acids is 1. The van der Waals surface area contributed by atoms with Gasteiger partial charge in [0.1, 0.15) is 5.01 Å². The number of thiazole rings is 1. The van der Waals surface area contributed by atoms with E-state index in [1.54, 1.807) is 16.2 Å². The number of rotatable bonds is 3. The predicted molar refractivity (Wildman–Crippen MR) is 86.1 cm³/mol. The van der Waals surface area contributed by atoms with Crippen molar-refractivity contribution in [2.75, 3.05) is 7.05 Å². The summed E-state index contributed by atoms with van der Waals surface area (Å²) >= 11 is 1.64. The molecule has 2 aromatic rings. The van der Waals surface area contributed by atoms with Crippen LogP contribution < -0.4 is 5.73 Å². The molecule has 1 saturated carbocycles. The summed E-state index contributed by atoms with van der Waals surface area (Å²) in [6.45, 7) is 0.539. The lowest BCUT2D eigenvalue weighted by Crippen LogP contribution is -2.55. The Morgan fingerprint density at radius 2 is 2.05 bits per heavy atom. The van der Waals surface area contributed by atoms with Gasteiger partial charge in [0.25, 0.3) is 0 Å². The highest BCUT2D eigenvalue weighted by Gasteiger charge is 2.37. The van der Waals surface area contributed by atoms with E-state index in [0.717, 1.165) is 40.9 Å². The molecule has 112 valence electrons. The number of nitrogens with two attached hydrogens (primary N) is 1. The monoisotopic (exact) mass is 303 g/mol. The summed E-state index contributed by atoms with van der Waals surface area (Å²) in [7, 11) is 1.83. The van der Waals surface area contributed by atoms with Gasteiger partial charge >= 0.3 is 0 Å². The molecule has 21 heavy (non-hydrogen) atoms. The number of likely N-dealkylation sites (N-methyl/N-ethyl adjacent to an activating group) is 1. The number of nitrogens with zero attached hydrogens (tertiary/aromatic N) is 2. The molecule has 1 aromatic carbocycles. The van der Waals surface area contributed by atoms with Crippen LogP contribution in [0.25, 0.3) is 10.2 Å². The third-order valence-electron chi connectivity index (χ3n) is 4.23. The molecule has 0 radical (unpaired) electrons. The third-order valence-corrected chi connectivity index (χ3v) is 5.25. The normalized spacial score (nSPS) is 17.8. The van der Waals surface area contributed by atoms with Crippen LogP contribution in [-0.4, -0.2) is 28.4 Å². The Hall–Kier alpha value is -1.46. The van der Waals surface area contributed by atoms with Crippen molar-refractivity contribution in [2.24, 2.45) is 5.73 Å². The fraction of sp³-hybridized carbons (Fsp3) is 0.500. The molecule has 0 unspecified atom stereocenters. The van der Waals surface area contributed by atoms with Crippen molar-refractivity contribution in [1.29, 1.82) is 0 Å². The average Bonchev–Trinajstić information content (AvgIpc) is 2.89. The van der Waals surface area contributed by atoms with E-state index in [1.807, 2.05) is 25.2 Å². The molecule has 1 aliphatic carbocycles. The van der Waals surface area contributed by atoms with Gasteiger partial charge in [0.2, 0.25) is 5.91 Å². The van der Waals surface area contributed by atoms with Gasteiger partial charge in [-0.1, -0.05) is 31.4 Å². The Morgan fingerprint density at radius 1 is 1.33 bits per heavy atom. The summed E-state index contributed by atoms with van der Waals surface area (Å²) in [5, 5.41) is 0.964. The first kappa shape index (κ1) is 14.5. The number of para-hydroxylation sites is 1. The van der Waals surface area contributed by atoms with Crippen molar-refractivity contribution in [2.45, 2.75) is 44.2 Å². The van der Waals surface area contributed by atoms with E-state index in [-0.39, 0.29) is 5.91 Å². The number of benzene rings is 1. The molecule has 0 spiro atoms. The zero-order valence-electron chi connectivity index (χ0n) is 12.3. The maximum absolute atomic E-state index is 12.6. The van der Waals surface area contributed by atoms with Crippen molar-refractivity contribution in [1.82, 2.24) is 9.88 Å². The lowest BCUT2D eigenvalue weighted by molar-refractivity contribution is -0.137. The smallest absolute Gasteiger partial charge is 0.242 e. The Labute approximate surface area is 129 Å².